The average molecular weight is 214 g/mol. The molecule has 0 aromatic heterocycles. The van der Waals surface area contributed by atoms with Crippen LogP contribution in [0.25, 0.3) is 0 Å². The summed E-state index contributed by atoms with van der Waals surface area (Å²) in [5.41, 5.74) is 0. The number of carbonyl (C=O) groups excluding carboxylic acids is 1. The molecule has 0 aromatic rings. The van der Waals surface area contributed by atoms with Crippen molar-refractivity contribution in [2.24, 2.45) is 5.92 Å². The fourth-order valence-corrected chi connectivity index (χ4v) is 2.35. The number of ether oxygens (including phenoxy) is 2. The van der Waals surface area contributed by atoms with Crippen molar-refractivity contribution < 1.29 is 14.3 Å². The first-order valence-corrected chi connectivity index (χ1v) is 5.43. The van der Waals surface area contributed by atoms with E-state index in [1.54, 1.807) is 0 Å². The van der Waals surface area contributed by atoms with Crippen LogP contribution in [0.15, 0.2) is 0 Å². The van der Waals surface area contributed by atoms with E-state index in [2.05, 4.69) is 10.2 Å². The Morgan fingerprint density at radius 3 is 2.80 bits per heavy atom. The molecule has 2 atom stereocenters. The first kappa shape index (κ1) is 10.9. The first-order valence-electron chi connectivity index (χ1n) is 5.43. The number of nitrogens with zero attached hydrogens (tertiary/aromatic N) is 1. The van der Waals surface area contributed by atoms with Gasteiger partial charge in [0.2, 0.25) is 0 Å². The molecular formula is C10H18N2O3. The zero-order chi connectivity index (χ0) is 10.7. The minimum Gasteiger partial charge on any atom is -0.469 e. The number of morpholine rings is 1. The van der Waals surface area contributed by atoms with Gasteiger partial charge in [-0.3, -0.25) is 9.69 Å². The third kappa shape index (κ3) is 2.30. The van der Waals surface area contributed by atoms with Crippen LogP contribution in [0.4, 0.5) is 0 Å². The van der Waals surface area contributed by atoms with Gasteiger partial charge in [-0.1, -0.05) is 0 Å². The van der Waals surface area contributed by atoms with E-state index >= 15 is 0 Å². The molecule has 0 radical (unpaired) electrons. The number of hydrogen-bond acceptors (Lipinski definition) is 5. The normalized spacial score (nSPS) is 32.9. The highest BCUT2D eigenvalue weighted by Crippen LogP contribution is 2.18. The van der Waals surface area contributed by atoms with E-state index in [4.69, 9.17) is 9.47 Å². The molecule has 5 heteroatoms. The summed E-state index contributed by atoms with van der Waals surface area (Å²) >= 11 is 0. The minimum atomic E-state index is -0.100. The first-order chi connectivity index (χ1) is 7.33. The zero-order valence-corrected chi connectivity index (χ0v) is 9.07. The van der Waals surface area contributed by atoms with Gasteiger partial charge in [0.25, 0.3) is 0 Å². The highest BCUT2D eigenvalue weighted by Gasteiger charge is 2.37. The average Bonchev–Trinajstić information content (AvgIpc) is 2.78. The van der Waals surface area contributed by atoms with E-state index in [0.717, 1.165) is 39.4 Å². The summed E-state index contributed by atoms with van der Waals surface area (Å²) < 4.78 is 10.1. The number of methoxy groups -OCH3 is 1. The van der Waals surface area contributed by atoms with Crippen molar-refractivity contribution >= 4 is 5.97 Å². The Kier molecular flexibility index (Phi) is 3.56. The molecule has 15 heavy (non-hydrogen) atoms. The van der Waals surface area contributed by atoms with Crippen molar-refractivity contribution in [1.29, 1.82) is 0 Å². The minimum absolute atomic E-state index is 0.0203. The Balaban J connectivity index is 1.97. The van der Waals surface area contributed by atoms with Crippen molar-refractivity contribution in [1.82, 2.24) is 10.2 Å². The number of carbonyl (C=O) groups is 1. The molecule has 0 amide bonds. The maximum Gasteiger partial charge on any atom is 0.311 e. The lowest BCUT2D eigenvalue weighted by atomic mass is 10.0. The predicted molar refractivity (Wildman–Crippen MR) is 54.6 cm³/mol. The fraction of sp³-hybridized carbons (Fsp3) is 0.900. The molecule has 2 unspecified atom stereocenters. The molecule has 5 nitrogen and oxygen atoms in total. The molecule has 0 saturated carbocycles. The molecule has 0 spiro atoms. The summed E-state index contributed by atoms with van der Waals surface area (Å²) in [7, 11) is 1.46. The topological polar surface area (TPSA) is 50.8 Å². The molecule has 86 valence electrons. The van der Waals surface area contributed by atoms with Gasteiger partial charge in [-0.05, 0) is 0 Å². The second kappa shape index (κ2) is 4.92. The maximum absolute atomic E-state index is 11.5. The Bertz CT molecular complexity index is 229. The summed E-state index contributed by atoms with van der Waals surface area (Å²) in [6, 6.07) is 0.279. The number of hydrogen-bond donors (Lipinski definition) is 1. The lowest BCUT2D eigenvalue weighted by molar-refractivity contribution is -0.147. The second-order valence-electron chi connectivity index (χ2n) is 4.00. The highest BCUT2D eigenvalue weighted by atomic mass is 16.5. The molecular weight excluding hydrogens is 196 g/mol. The van der Waals surface area contributed by atoms with Gasteiger partial charge < -0.3 is 14.8 Å². The molecule has 0 aliphatic carbocycles. The SMILES string of the molecule is COC(=O)C1CNCC1N1CCOCC1. The van der Waals surface area contributed by atoms with E-state index in [1.165, 1.54) is 7.11 Å². The van der Waals surface area contributed by atoms with Gasteiger partial charge in [0, 0.05) is 32.2 Å². The van der Waals surface area contributed by atoms with Crippen LogP contribution in [0.5, 0.6) is 0 Å². The molecule has 1 N–H and O–H groups in total. The molecule has 2 fully saturated rings. The van der Waals surface area contributed by atoms with Crippen LogP contribution in [-0.4, -0.2) is 63.4 Å². The quantitative estimate of drug-likeness (QED) is 0.602. The number of rotatable bonds is 2. The van der Waals surface area contributed by atoms with Crippen LogP contribution in [0, 0.1) is 5.92 Å². The van der Waals surface area contributed by atoms with Gasteiger partial charge in [-0.2, -0.15) is 0 Å². The summed E-state index contributed by atoms with van der Waals surface area (Å²) in [5.74, 6) is -0.121. The Labute approximate surface area is 89.7 Å². The van der Waals surface area contributed by atoms with E-state index in [0.29, 0.717) is 0 Å². The Hall–Kier alpha value is -0.650. The molecule has 2 saturated heterocycles. The van der Waals surface area contributed by atoms with Crippen LogP contribution < -0.4 is 5.32 Å². The molecule has 2 heterocycles. The Morgan fingerprint density at radius 2 is 2.13 bits per heavy atom. The molecule has 0 bridgehead atoms. The molecule has 2 aliphatic heterocycles. The standard InChI is InChI=1S/C10H18N2O3/c1-14-10(13)8-6-11-7-9(8)12-2-4-15-5-3-12/h8-9,11H,2-7H2,1H3. The third-order valence-corrected chi connectivity index (χ3v) is 3.20. The lowest BCUT2D eigenvalue weighted by Crippen LogP contribution is -2.48. The highest BCUT2D eigenvalue weighted by molar-refractivity contribution is 5.74. The molecule has 0 aromatic carbocycles. The second-order valence-corrected chi connectivity index (χ2v) is 4.00. The monoisotopic (exact) mass is 214 g/mol. The van der Waals surface area contributed by atoms with Gasteiger partial charge in [0.05, 0.1) is 26.2 Å². The van der Waals surface area contributed by atoms with Crippen LogP contribution in [-0.2, 0) is 14.3 Å². The third-order valence-electron chi connectivity index (χ3n) is 3.20. The summed E-state index contributed by atoms with van der Waals surface area (Å²) in [6.45, 7) is 4.98. The van der Waals surface area contributed by atoms with E-state index < -0.39 is 0 Å². The number of esters is 1. The van der Waals surface area contributed by atoms with E-state index in [1.807, 2.05) is 0 Å². The largest absolute Gasteiger partial charge is 0.469 e. The van der Waals surface area contributed by atoms with Crippen LogP contribution in [0.2, 0.25) is 0 Å². The molecule has 2 rings (SSSR count). The van der Waals surface area contributed by atoms with Gasteiger partial charge in [0.1, 0.15) is 0 Å². The van der Waals surface area contributed by atoms with Crippen molar-refractivity contribution in [2.75, 3.05) is 46.5 Å². The van der Waals surface area contributed by atoms with Crippen LogP contribution in [0.3, 0.4) is 0 Å². The van der Waals surface area contributed by atoms with Crippen molar-refractivity contribution in [3.63, 3.8) is 0 Å². The molecule has 2 aliphatic rings. The van der Waals surface area contributed by atoms with Gasteiger partial charge >= 0.3 is 5.97 Å². The Morgan fingerprint density at radius 1 is 1.40 bits per heavy atom. The summed E-state index contributed by atoms with van der Waals surface area (Å²) in [6.07, 6.45) is 0. The van der Waals surface area contributed by atoms with Crippen molar-refractivity contribution in [3.8, 4) is 0 Å². The van der Waals surface area contributed by atoms with Crippen molar-refractivity contribution in [2.45, 2.75) is 6.04 Å². The van der Waals surface area contributed by atoms with Gasteiger partial charge in [0.15, 0.2) is 0 Å². The number of nitrogens with one attached hydrogen (secondary N) is 1. The van der Waals surface area contributed by atoms with Gasteiger partial charge in [-0.15, -0.1) is 0 Å². The van der Waals surface area contributed by atoms with E-state index in [9.17, 15) is 4.79 Å². The maximum atomic E-state index is 11.5. The summed E-state index contributed by atoms with van der Waals surface area (Å²) in [4.78, 5) is 13.9. The smallest absolute Gasteiger partial charge is 0.311 e. The van der Waals surface area contributed by atoms with Gasteiger partial charge in [-0.25, -0.2) is 0 Å². The zero-order valence-electron chi connectivity index (χ0n) is 9.07. The van der Waals surface area contributed by atoms with Crippen LogP contribution >= 0.6 is 0 Å². The van der Waals surface area contributed by atoms with Crippen LogP contribution in [0.1, 0.15) is 0 Å². The van der Waals surface area contributed by atoms with E-state index in [-0.39, 0.29) is 17.9 Å². The van der Waals surface area contributed by atoms with Crippen molar-refractivity contribution in [3.05, 3.63) is 0 Å². The fourth-order valence-electron chi connectivity index (χ4n) is 2.35. The predicted octanol–water partition coefficient (Wildman–Crippen LogP) is -0.920. The lowest BCUT2D eigenvalue weighted by Gasteiger charge is -2.34. The summed E-state index contributed by atoms with van der Waals surface area (Å²) in [5, 5.41) is 3.25.